The zero-order valence-electron chi connectivity index (χ0n) is 9.23. The van der Waals surface area contributed by atoms with Gasteiger partial charge in [-0.1, -0.05) is 0 Å². The number of hydrogen-bond acceptors (Lipinski definition) is 6. The number of aliphatic hydroxyl groups is 2. The Morgan fingerprint density at radius 1 is 0.867 bits per heavy atom. The average Bonchev–Trinajstić information content (AvgIpc) is 1.83. The van der Waals surface area contributed by atoms with E-state index >= 15 is 0 Å². The van der Waals surface area contributed by atoms with Gasteiger partial charge in [-0.05, 0) is 27.7 Å². The Balaban J connectivity index is -0.000000180. The summed E-state index contributed by atoms with van der Waals surface area (Å²) < 4.78 is 0. The maximum absolute atomic E-state index is 9.66. The van der Waals surface area contributed by atoms with Crippen LogP contribution in [0.2, 0.25) is 0 Å². The summed E-state index contributed by atoms with van der Waals surface area (Å²) >= 11 is 0. The third kappa shape index (κ3) is 13.6. The average molecular weight is 230 g/mol. The monoisotopic (exact) mass is 230 g/mol. The Morgan fingerprint density at radius 2 is 0.933 bits per heavy atom. The molecular formula is C8H14MgO6. The van der Waals surface area contributed by atoms with E-state index in [1.54, 1.807) is 0 Å². The summed E-state index contributed by atoms with van der Waals surface area (Å²) in [6.45, 7) is 4.62. The van der Waals surface area contributed by atoms with Crippen molar-refractivity contribution in [2.24, 2.45) is 0 Å². The first kappa shape index (κ1) is 20.1. The number of hydrogen-bond donors (Lipinski definition) is 2. The number of carboxylic acid groups (broad SMARTS) is 2. The second-order valence-electron chi connectivity index (χ2n) is 3.69. The van der Waals surface area contributed by atoms with Crippen molar-refractivity contribution < 1.29 is 30.0 Å². The fourth-order valence-corrected chi connectivity index (χ4v) is 0. The molecule has 0 amide bonds. The molecule has 0 rings (SSSR count). The van der Waals surface area contributed by atoms with Crippen LogP contribution in [0, 0.1) is 0 Å². The second-order valence-corrected chi connectivity index (χ2v) is 3.69. The molecule has 0 aliphatic carbocycles. The van der Waals surface area contributed by atoms with Crippen LogP contribution in [0.4, 0.5) is 0 Å². The Morgan fingerprint density at radius 3 is 0.933 bits per heavy atom. The number of aliphatic carboxylic acids is 2. The van der Waals surface area contributed by atoms with Gasteiger partial charge in [0.2, 0.25) is 0 Å². The third-order valence-corrected chi connectivity index (χ3v) is 0.999. The summed E-state index contributed by atoms with van der Waals surface area (Å²) in [4.78, 5) is 19.3. The molecule has 7 heteroatoms. The summed E-state index contributed by atoms with van der Waals surface area (Å²) in [5, 5.41) is 36.2. The van der Waals surface area contributed by atoms with E-state index in [0.29, 0.717) is 0 Å². The van der Waals surface area contributed by atoms with Gasteiger partial charge in [-0.2, -0.15) is 0 Å². The maximum Gasteiger partial charge on any atom is 2.00 e. The predicted octanol–water partition coefficient (Wildman–Crippen LogP) is -3.37. The second kappa shape index (κ2) is 6.99. The van der Waals surface area contributed by atoms with Gasteiger partial charge < -0.3 is 30.0 Å². The molecule has 0 fully saturated rings. The minimum atomic E-state index is -1.69. The van der Waals surface area contributed by atoms with Crippen molar-refractivity contribution in [1.29, 1.82) is 0 Å². The topological polar surface area (TPSA) is 121 Å². The van der Waals surface area contributed by atoms with Gasteiger partial charge in [0.05, 0.1) is 23.1 Å². The Kier molecular flexibility index (Phi) is 9.37. The van der Waals surface area contributed by atoms with Gasteiger partial charge in [0.25, 0.3) is 0 Å². The van der Waals surface area contributed by atoms with Gasteiger partial charge in [0.1, 0.15) is 0 Å². The predicted molar refractivity (Wildman–Crippen MR) is 48.4 cm³/mol. The third-order valence-electron chi connectivity index (χ3n) is 0.999. The number of carbonyl (C=O) groups excluding carboxylic acids is 2. The molecule has 84 valence electrons. The van der Waals surface area contributed by atoms with E-state index in [9.17, 15) is 19.8 Å². The van der Waals surface area contributed by atoms with Crippen LogP contribution < -0.4 is 10.2 Å². The van der Waals surface area contributed by atoms with Crippen LogP contribution in [0.3, 0.4) is 0 Å². The quantitative estimate of drug-likeness (QED) is 0.478. The van der Waals surface area contributed by atoms with E-state index in [2.05, 4.69) is 0 Å². The van der Waals surface area contributed by atoms with Crippen LogP contribution >= 0.6 is 0 Å². The number of rotatable bonds is 2. The SMILES string of the molecule is CC(C)(O)C(=O)[O-].CC(C)(O)C(=O)[O-].[Mg+2]. The first-order chi connectivity index (χ1) is 5.89. The van der Waals surface area contributed by atoms with Gasteiger partial charge in [0.15, 0.2) is 0 Å². The standard InChI is InChI=1S/2C4H8O3.Mg/c2*1-4(2,7)3(5)6;/h2*7H,1-2H3,(H,5,6);/q;;+2/p-2. The van der Waals surface area contributed by atoms with E-state index in [1.807, 2.05) is 0 Å². The van der Waals surface area contributed by atoms with Crippen LogP contribution in [0.1, 0.15) is 27.7 Å². The molecule has 0 aromatic carbocycles. The van der Waals surface area contributed by atoms with Crippen molar-refractivity contribution in [2.45, 2.75) is 38.9 Å². The summed E-state index contributed by atoms with van der Waals surface area (Å²) in [7, 11) is 0. The van der Waals surface area contributed by atoms with Crippen LogP contribution in [0.25, 0.3) is 0 Å². The van der Waals surface area contributed by atoms with Crippen molar-refractivity contribution in [3.63, 3.8) is 0 Å². The molecule has 0 aromatic heterocycles. The van der Waals surface area contributed by atoms with Crippen LogP contribution in [0.5, 0.6) is 0 Å². The maximum atomic E-state index is 9.66. The van der Waals surface area contributed by atoms with Crippen LogP contribution in [-0.4, -0.2) is 56.4 Å². The first-order valence-corrected chi connectivity index (χ1v) is 3.76. The minimum absolute atomic E-state index is 0. The van der Waals surface area contributed by atoms with Crippen molar-refractivity contribution >= 4 is 35.0 Å². The van der Waals surface area contributed by atoms with E-state index < -0.39 is 23.1 Å². The molecule has 2 N–H and O–H groups in total. The summed E-state index contributed by atoms with van der Waals surface area (Å²) in [5.41, 5.74) is -3.39. The molecule has 6 nitrogen and oxygen atoms in total. The normalized spacial score (nSPS) is 10.5. The van der Waals surface area contributed by atoms with E-state index in [1.165, 1.54) is 0 Å². The van der Waals surface area contributed by atoms with Crippen LogP contribution in [-0.2, 0) is 9.59 Å². The van der Waals surface area contributed by atoms with E-state index in [4.69, 9.17) is 10.2 Å². The first-order valence-electron chi connectivity index (χ1n) is 3.76. The van der Waals surface area contributed by atoms with Crippen molar-refractivity contribution in [2.75, 3.05) is 0 Å². The molecule has 0 atom stereocenters. The molecule has 0 saturated carbocycles. The number of carbonyl (C=O) groups is 2. The Labute approximate surface area is 104 Å². The Hall–Kier alpha value is -0.374. The summed E-state index contributed by atoms with van der Waals surface area (Å²) in [6.07, 6.45) is 0. The fourth-order valence-electron chi connectivity index (χ4n) is 0. The molecule has 0 radical (unpaired) electrons. The molecule has 0 unspecified atom stereocenters. The molecule has 15 heavy (non-hydrogen) atoms. The van der Waals surface area contributed by atoms with E-state index in [0.717, 1.165) is 27.7 Å². The molecule has 0 saturated heterocycles. The molecule has 0 aliphatic heterocycles. The minimum Gasteiger partial charge on any atom is -0.547 e. The van der Waals surface area contributed by atoms with Crippen molar-refractivity contribution in [3.05, 3.63) is 0 Å². The van der Waals surface area contributed by atoms with Crippen molar-refractivity contribution in [3.8, 4) is 0 Å². The van der Waals surface area contributed by atoms with Gasteiger partial charge in [-0.3, -0.25) is 0 Å². The summed E-state index contributed by atoms with van der Waals surface area (Å²) in [6, 6.07) is 0. The molecule has 0 heterocycles. The smallest absolute Gasteiger partial charge is 0.547 e. The van der Waals surface area contributed by atoms with Gasteiger partial charge in [-0.15, -0.1) is 0 Å². The molecule has 0 aromatic rings. The van der Waals surface area contributed by atoms with Crippen molar-refractivity contribution in [1.82, 2.24) is 0 Å². The van der Waals surface area contributed by atoms with Crippen LogP contribution in [0.15, 0.2) is 0 Å². The molecule has 0 aliphatic rings. The molecular weight excluding hydrogens is 216 g/mol. The van der Waals surface area contributed by atoms with E-state index in [-0.39, 0.29) is 23.1 Å². The molecule has 0 spiro atoms. The van der Waals surface area contributed by atoms with Gasteiger partial charge in [0, 0.05) is 0 Å². The zero-order valence-corrected chi connectivity index (χ0v) is 10.6. The van der Waals surface area contributed by atoms with Gasteiger partial charge >= 0.3 is 23.1 Å². The molecule has 0 bridgehead atoms. The fraction of sp³-hybridized carbons (Fsp3) is 0.750. The van der Waals surface area contributed by atoms with Gasteiger partial charge in [-0.25, -0.2) is 0 Å². The zero-order chi connectivity index (χ0) is 12.2. The Bertz CT molecular complexity index is 188. The number of carboxylic acids is 2. The summed E-state index contributed by atoms with van der Waals surface area (Å²) in [5.74, 6) is -2.90. The largest absolute Gasteiger partial charge is 2.00 e.